The molecule has 4 heteroatoms. The average molecular weight is 232 g/mol. The minimum atomic E-state index is -0.416. The van der Waals surface area contributed by atoms with Crippen LogP contribution in [0.2, 0.25) is 0 Å². The molecule has 0 fully saturated rings. The van der Waals surface area contributed by atoms with E-state index in [1.807, 2.05) is 13.8 Å². The second-order valence-electron chi connectivity index (χ2n) is 4.42. The maximum absolute atomic E-state index is 11.2. The average Bonchev–Trinajstić information content (AvgIpc) is 2.36. The summed E-state index contributed by atoms with van der Waals surface area (Å²) in [6.45, 7) is 4.28. The zero-order valence-electron chi connectivity index (χ0n) is 10.3. The highest BCUT2D eigenvalue weighted by molar-refractivity contribution is 5.89. The highest BCUT2D eigenvalue weighted by atomic mass is 16.5. The monoisotopic (exact) mass is 232 g/mol. The van der Waals surface area contributed by atoms with E-state index in [1.165, 1.54) is 7.11 Å². The summed E-state index contributed by atoms with van der Waals surface area (Å²) in [5, 5.41) is 12.0. The summed E-state index contributed by atoms with van der Waals surface area (Å²) in [4.78, 5) is 11.2. The van der Waals surface area contributed by atoms with E-state index in [4.69, 9.17) is 5.26 Å². The van der Waals surface area contributed by atoms with Gasteiger partial charge in [-0.1, -0.05) is 0 Å². The third-order valence-corrected chi connectivity index (χ3v) is 2.34. The quantitative estimate of drug-likeness (QED) is 0.810. The van der Waals surface area contributed by atoms with Crippen molar-refractivity contribution < 1.29 is 9.53 Å². The van der Waals surface area contributed by atoms with Crippen LogP contribution in [0.5, 0.6) is 0 Å². The zero-order chi connectivity index (χ0) is 12.9. The van der Waals surface area contributed by atoms with Crippen molar-refractivity contribution in [3.05, 3.63) is 29.8 Å². The third kappa shape index (κ3) is 3.80. The van der Waals surface area contributed by atoms with Crippen molar-refractivity contribution in [2.24, 2.45) is 5.41 Å². The lowest BCUT2D eigenvalue weighted by Gasteiger charge is -2.16. The van der Waals surface area contributed by atoms with Gasteiger partial charge in [-0.05, 0) is 38.1 Å². The van der Waals surface area contributed by atoms with Crippen LogP contribution < -0.4 is 5.32 Å². The Bertz CT molecular complexity index is 430. The molecule has 0 spiro atoms. The first kappa shape index (κ1) is 13.0. The molecule has 0 unspecified atom stereocenters. The van der Waals surface area contributed by atoms with Crippen molar-refractivity contribution in [2.75, 3.05) is 19.0 Å². The van der Waals surface area contributed by atoms with Crippen LogP contribution in [0.25, 0.3) is 0 Å². The Morgan fingerprint density at radius 3 is 2.47 bits per heavy atom. The number of rotatable bonds is 4. The number of hydrogen-bond donors (Lipinski definition) is 1. The summed E-state index contributed by atoms with van der Waals surface area (Å²) in [7, 11) is 1.35. The smallest absolute Gasteiger partial charge is 0.337 e. The summed E-state index contributed by atoms with van der Waals surface area (Å²) >= 11 is 0. The number of nitrogens with one attached hydrogen (secondary N) is 1. The summed E-state index contributed by atoms with van der Waals surface area (Å²) in [6.07, 6.45) is 0. The number of ether oxygens (including phenoxy) is 1. The molecule has 90 valence electrons. The molecule has 1 N–H and O–H groups in total. The van der Waals surface area contributed by atoms with Crippen LogP contribution in [-0.2, 0) is 4.74 Å². The first-order valence-corrected chi connectivity index (χ1v) is 5.32. The van der Waals surface area contributed by atoms with Crippen LogP contribution >= 0.6 is 0 Å². The fourth-order valence-corrected chi connectivity index (χ4v) is 1.20. The molecule has 0 bridgehead atoms. The topological polar surface area (TPSA) is 62.1 Å². The van der Waals surface area contributed by atoms with E-state index >= 15 is 0 Å². The van der Waals surface area contributed by atoms with Crippen LogP contribution in [0.4, 0.5) is 5.69 Å². The molecule has 0 heterocycles. The Kier molecular flexibility index (Phi) is 4.11. The molecule has 0 aromatic heterocycles. The third-order valence-electron chi connectivity index (χ3n) is 2.34. The van der Waals surface area contributed by atoms with Gasteiger partial charge in [-0.3, -0.25) is 0 Å². The van der Waals surface area contributed by atoms with Gasteiger partial charge in [0.05, 0.1) is 24.2 Å². The van der Waals surface area contributed by atoms with E-state index in [-0.39, 0.29) is 5.97 Å². The minimum Gasteiger partial charge on any atom is -0.465 e. The van der Waals surface area contributed by atoms with Gasteiger partial charge >= 0.3 is 5.97 Å². The number of esters is 1. The Balaban J connectivity index is 2.64. The number of hydrogen-bond acceptors (Lipinski definition) is 4. The van der Waals surface area contributed by atoms with E-state index in [0.29, 0.717) is 12.1 Å². The summed E-state index contributed by atoms with van der Waals surface area (Å²) < 4.78 is 4.61. The van der Waals surface area contributed by atoms with Crippen LogP contribution in [0.1, 0.15) is 24.2 Å². The lowest BCUT2D eigenvalue weighted by molar-refractivity contribution is 0.0601. The molecule has 17 heavy (non-hydrogen) atoms. The largest absolute Gasteiger partial charge is 0.465 e. The summed E-state index contributed by atoms with van der Waals surface area (Å²) in [5.41, 5.74) is 0.972. The molecule has 0 aliphatic heterocycles. The minimum absolute atomic E-state index is 0.353. The van der Waals surface area contributed by atoms with Gasteiger partial charge in [0.1, 0.15) is 0 Å². The van der Waals surface area contributed by atoms with Crippen molar-refractivity contribution >= 4 is 11.7 Å². The van der Waals surface area contributed by atoms with Crippen LogP contribution in [0.15, 0.2) is 24.3 Å². The predicted octanol–water partition coefficient (Wildman–Crippen LogP) is 2.43. The lowest BCUT2D eigenvalue weighted by atomic mass is 9.96. The van der Waals surface area contributed by atoms with E-state index in [1.54, 1.807) is 24.3 Å². The molecule has 1 aromatic carbocycles. The van der Waals surface area contributed by atoms with Gasteiger partial charge in [-0.15, -0.1) is 0 Å². The standard InChI is InChI=1S/C13H16N2O2/c1-13(2,8-14)9-15-11-6-4-10(5-7-11)12(16)17-3/h4-7,15H,9H2,1-3H3. The van der Waals surface area contributed by atoms with Crippen molar-refractivity contribution in [2.45, 2.75) is 13.8 Å². The molecule has 0 aliphatic carbocycles. The molecule has 0 aliphatic rings. The van der Waals surface area contributed by atoms with Gasteiger partial charge in [-0.25, -0.2) is 4.79 Å². The molecule has 4 nitrogen and oxygen atoms in total. The molecule has 1 aromatic rings. The van der Waals surface area contributed by atoms with Crippen LogP contribution in [0.3, 0.4) is 0 Å². The Morgan fingerprint density at radius 2 is 2.00 bits per heavy atom. The van der Waals surface area contributed by atoms with Crippen LogP contribution in [-0.4, -0.2) is 19.6 Å². The Labute approximate surface area is 101 Å². The highest BCUT2D eigenvalue weighted by Gasteiger charge is 2.15. The van der Waals surface area contributed by atoms with Gasteiger partial charge in [0.25, 0.3) is 0 Å². The fourth-order valence-electron chi connectivity index (χ4n) is 1.20. The zero-order valence-corrected chi connectivity index (χ0v) is 10.3. The second kappa shape index (κ2) is 5.35. The summed E-state index contributed by atoms with van der Waals surface area (Å²) in [5.74, 6) is -0.353. The molecule has 0 radical (unpaired) electrons. The number of methoxy groups -OCH3 is 1. The first-order chi connectivity index (χ1) is 7.98. The number of carbonyl (C=O) groups excluding carboxylic acids is 1. The Hall–Kier alpha value is -2.02. The number of anilines is 1. The van der Waals surface area contributed by atoms with Crippen molar-refractivity contribution in [3.63, 3.8) is 0 Å². The highest BCUT2D eigenvalue weighted by Crippen LogP contribution is 2.16. The SMILES string of the molecule is COC(=O)c1ccc(NCC(C)(C)C#N)cc1. The summed E-state index contributed by atoms with van der Waals surface area (Å²) in [6, 6.07) is 9.17. The molecule has 0 atom stereocenters. The number of nitriles is 1. The van der Waals surface area contributed by atoms with Crippen molar-refractivity contribution in [3.8, 4) is 6.07 Å². The number of carbonyl (C=O) groups is 1. The molecule has 0 saturated heterocycles. The van der Waals surface area contributed by atoms with E-state index in [0.717, 1.165) is 5.69 Å². The van der Waals surface area contributed by atoms with Crippen molar-refractivity contribution in [1.82, 2.24) is 0 Å². The van der Waals surface area contributed by atoms with Gasteiger partial charge in [0.2, 0.25) is 0 Å². The molecule has 1 rings (SSSR count). The molecule has 0 amide bonds. The van der Waals surface area contributed by atoms with Gasteiger partial charge in [0.15, 0.2) is 0 Å². The number of nitrogens with zero attached hydrogens (tertiary/aromatic N) is 1. The molecular weight excluding hydrogens is 216 g/mol. The predicted molar refractivity (Wildman–Crippen MR) is 65.7 cm³/mol. The first-order valence-electron chi connectivity index (χ1n) is 5.32. The van der Waals surface area contributed by atoms with Crippen LogP contribution in [0, 0.1) is 16.7 Å². The maximum atomic E-state index is 11.2. The Morgan fingerprint density at radius 1 is 1.41 bits per heavy atom. The molecular formula is C13H16N2O2. The maximum Gasteiger partial charge on any atom is 0.337 e. The lowest BCUT2D eigenvalue weighted by Crippen LogP contribution is -2.20. The van der Waals surface area contributed by atoms with E-state index in [9.17, 15) is 4.79 Å². The van der Waals surface area contributed by atoms with E-state index < -0.39 is 5.41 Å². The van der Waals surface area contributed by atoms with Gasteiger partial charge in [-0.2, -0.15) is 5.26 Å². The van der Waals surface area contributed by atoms with Crippen molar-refractivity contribution in [1.29, 1.82) is 5.26 Å². The molecule has 0 saturated carbocycles. The normalized spacial score (nSPS) is 10.5. The number of benzene rings is 1. The fraction of sp³-hybridized carbons (Fsp3) is 0.385. The van der Waals surface area contributed by atoms with Gasteiger partial charge in [0, 0.05) is 12.2 Å². The second-order valence-corrected chi connectivity index (χ2v) is 4.42. The van der Waals surface area contributed by atoms with Gasteiger partial charge < -0.3 is 10.1 Å². The van der Waals surface area contributed by atoms with E-state index in [2.05, 4.69) is 16.1 Å².